The molecule has 1 atom stereocenters. The highest BCUT2D eigenvalue weighted by Crippen LogP contribution is 2.28. The van der Waals surface area contributed by atoms with Crippen molar-refractivity contribution in [1.82, 2.24) is 10.2 Å². The summed E-state index contributed by atoms with van der Waals surface area (Å²) in [6, 6.07) is 27.6. The number of ether oxygens (including phenoxy) is 1. The van der Waals surface area contributed by atoms with Crippen LogP contribution in [-0.2, 0) is 22.6 Å². The first-order valence-electron chi connectivity index (χ1n) is 13.1. The van der Waals surface area contributed by atoms with Gasteiger partial charge in [-0.2, -0.15) is 0 Å². The van der Waals surface area contributed by atoms with Crippen molar-refractivity contribution in [2.45, 2.75) is 38.8 Å². The number of benzene rings is 4. The van der Waals surface area contributed by atoms with Gasteiger partial charge in [-0.3, -0.25) is 9.59 Å². The fourth-order valence-corrected chi connectivity index (χ4v) is 4.97. The third kappa shape index (κ3) is 7.53. The molecule has 0 aliphatic rings. The molecule has 4 aromatic carbocycles. The molecule has 0 aliphatic heterocycles. The van der Waals surface area contributed by atoms with E-state index in [0.717, 1.165) is 29.2 Å². The Morgan fingerprint density at radius 2 is 1.54 bits per heavy atom. The quantitative estimate of drug-likeness (QED) is 0.188. The highest BCUT2D eigenvalue weighted by Gasteiger charge is 2.31. The number of unbranched alkanes of at least 4 members (excludes halogenated alkanes) is 1. The van der Waals surface area contributed by atoms with Gasteiger partial charge in [0, 0.05) is 40.5 Å². The molecule has 0 heterocycles. The van der Waals surface area contributed by atoms with Crippen LogP contribution in [0.4, 0.5) is 0 Å². The minimum atomic E-state index is -0.791. The summed E-state index contributed by atoms with van der Waals surface area (Å²) in [6.45, 7) is 2.41. The third-order valence-electron chi connectivity index (χ3n) is 6.59. The van der Waals surface area contributed by atoms with Crippen LogP contribution in [0.25, 0.3) is 10.8 Å². The van der Waals surface area contributed by atoms with Gasteiger partial charge in [0.1, 0.15) is 11.8 Å². The average molecular weight is 564 g/mol. The molecule has 0 bridgehead atoms. The molecule has 0 unspecified atom stereocenters. The first-order valence-corrected chi connectivity index (χ1v) is 13.9. The summed E-state index contributed by atoms with van der Waals surface area (Å²) in [7, 11) is 0. The topological polar surface area (TPSA) is 58.6 Å². The smallest absolute Gasteiger partial charge is 0.261 e. The van der Waals surface area contributed by atoms with Gasteiger partial charge < -0.3 is 15.0 Å². The van der Waals surface area contributed by atoms with Crippen LogP contribution in [0.2, 0.25) is 10.0 Å². The largest absolute Gasteiger partial charge is 0.483 e. The molecule has 0 saturated heterocycles. The summed E-state index contributed by atoms with van der Waals surface area (Å²) in [6.07, 6.45) is 2.12. The number of halogens is 2. The van der Waals surface area contributed by atoms with Gasteiger partial charge in [0.2, 0.25) is 5.91 Å². The summed E-state index contributed by atoms with van der Waals surface area (Å²) in [4.78, 5) is 29.0. The normalized spacial score (nSPS) is 11.7. The van der Waals surface area contributed by atoms with Gasteiger partial charge in [-0.05, 0) is 35.6 Å². The Balaban J connectivity index is 1.66. The van der Waals surface area contributed by atoms with Crippen LogP contribution in [-0.4, -0.2) is 35.9 Å². The zero-order chi connectivity index (χ0) is 27.6. The zero-order valence-electron chi connectivity index (χ0n) is 21.9. The Morgan fingerprint density at radius 3 is 2.28 bits per heavy atom. The van der Waals surface area contributed by atoms with Crippen LogP contribution in [0, 0.1) is 0 Å². The number of fused-ring (bicyclic) bond motifs is 1. The summed E-state index contributed by atoms with van der Waals surface area (Å²) >= 11 is 13.0. The van der Waals surface area contributed by atoms with E-state index in [1.54, 1.807) is 18.2 Å². The first-order chi connectivity index (χ1) is 19.0. The second-order valence-corrected chi connectivity index (χ2v) is 10.2. The van der Waals surface area contributed by atoms with E-state index in [4.69, 9.17) is 27.9 Å². The molecule has 0 aliphatic carbocycles. The van der Waals surface area contributed by atoms with Crippen molar-refractivity contribution in [3.8, 4) is 5.75 Å². The summed E-state index contributed by atoms with van der Waals surface area (Å²) in [5.74, 6) is 0.0312. The number of carbonyl (C=O) groups excluding carboxylic acids is 2. The lowest BCUT2D eigenvalue weighted by Gasteiger charge is -2.32. The molecule has 202 valence electrons. The lowest BCUT2D eigenvalue weighted by atomic mass is 10.0. The summed E-state index contributed by atoms with van der Waals surface area (Å²) in [5.41, 5.74) is 1.52. The fourth-order valence-electron chi connectivity index (χ4n) is 4.46. The van der Waals surface area contributed by atoms with Crippen LogP contribution in [0.15, 0.2) is 91.0 Å². The van der Waals surface area contributed by atoms with E-state index in [0.29, 0.717) is 34.3 Å². The van der Waals surface area contributed by atoms with E-state index in [2.05, 4.69) is 12.2 Å². The Bertz CT molecular complexity index is 1390. The van der Waals surface area contributed by atoms with Crippen LogP contribution in [0.1, 0.15) is 30.9 Å². The molecule has 39 heavy (non-hydrogen) atoms. The van der Waals surface area contributed by atoms with Gasteiger partial charge in [0.25, 0.3) is 5.91 Å². The molecule has 0 fully saturated rings. The van der Waals surface area contributed by atoms with Crippen molar-refractivity contribution in [2.24, 2.45) is 0 Å². The Kier molecular flexibility index (Phi) is 10.2. The van der Waals surface area contributed by atoms with Crippen LogP contribution in [0.5, 0.6) is 5.75 Å². The standard InChI is InChI=1S/C32H32Cl2N2O3/c1-2-3-19-35-32(38)29(20-23-11-5-4-6-12-23)36(21-26-27(33)16-10-17-28(26)34)31(37)22-39-30-18-9-14-24-13-7-8-15-25(24)30/h4-18,29H,2-3,19-22H2,1H3,(H,35,38)/t29-/m1/s1. The van der Waals surface area contributed by atoms with Crippen LogP contribution < -0.4 is 10.1 Å². The number of nitrogens with zero attached hydrogens (tertiary/aromatic N) is 1. The van der Waals surface area contributed by atoms with Crippen molar-refractivity contribution in [3.63, 3.8) is 0 Å². The van der Waals surface area contributed by atoms with E-state index < -0.39 is 6.04 Å². The van der Waals surface area contributed by atoms with E-state index >= 15 is 0 Å². The molecule has 0 spiro atoms. The molecule has 4 rings (SSSR count). The molecule has 2 amide bonds. The van der Waals surface area contributed by atoms with Crippen molar-refractivity contribution < 1.29 is 14.3 Å². The predicted octanol–water partition coefficient (Wildman–Crippen LogP) is 7.08. The van der Waals surface area contributed by atoms with Gasteiger partial charge in [-0.15, -0.1) is 0 Å². The molecule has 0 saturated carbocycles. The monoisotopic (exact) mass is 562 g/mol. The second-order valence-electron chi connectivity index (χ2n) is 9.34. The fraction of sp³-hybridized carbons (Fsp3) is 0.250. The SMILES string of the molecule is CCCCNC(=O)[C@@H](Cc1ccccc1)N(Cc1c(Cl)cccc1Cl)C(=O)COc1cccc2ccccc12. The maximum Gasteiger partial charge on any atom is 0.261 e. The van der Waals surface area contributed by atoms with Gasteiger partial charge in [-0.25, -0.2) is 0 Å². The molecular weight excluding hydrogens is 531 g/mol. The Labute approximate surface area is 239 Å². The zero-order valence-corrected chi connectivity index (χ0v) is 23.4. The molecule has 1 N–H and O–H groups in total. The van der Waals surface area contributed by atoms with Gasteiger partial charge >= 0.3 is 0 Å². The molecule has 5 nitrogen and oxygen atoms in total. The van der Waals surface area contributed by atoms with Gasteiger partial charge in [0.05, 0.1) is 0 Å². The molecule has 0 aromatic heterocycles. The van der Waals surface area contributed by atoms with Crippen LogP contribution in [0.3, 0.4) is 0 Å². The van der Waals surface area contributed by atoms with Crippen molar-refractivity contribution in [2.75, 3.05) is 13.2 Å². The minimum absolute atomic E-state index is 0.0644. The highest BCUT2D eigenvalue weighted by molar-refractivity contribution is 6.36. The maximum atomic E-state index is 13.9. The maximum absolute atomic E-state index is 13.9. The number of carbonyl (C=O) groups is 2. The van der Waals surface area contributed by atoms with Crippen molar-refractivity contribution >= 4 is 45.8 Å². The van der Waals surface area contributed by atoms with E-state index in [1.807, 2.05) is 72.8 Å². The number of nitrogens with one attached hydrogen (secondary N) is 1. The number of hydrogen-bond donors (Lipinski definition) is 1. The van der Waals surface area contributed by atoms with Gasteiger partial charge in [-0.1, -0.05) is 109 Å². The van der Waals surface area contributed by atoms with Crippen molar-refractivity contribution in [1.29, 1.82) is 0 Å². The minimum Gasteiger partial charge on any atom is -0.483 e. The number of hydrogen-bond acceptors (Lipinski definition) is 3. The van der Waals surface area contributed by atoms with Crippen molar-refractivity contribution in [3.05, 3.63) is 112 Å². The Hall–Kier alpha value is -3.54. The average Bonchev–Trinajstić information content (AvgIpc) is 2.95. The lowest BCUT2D eigenvalue weighted by molar-refractivity contribution is -0.142. The first kappa shape index (κ1) is 28.5. The molecule has 7 heteroatoms. The summed E-state index contributed by atoms with van der Waals surface area (Å²) < 4.78 is 6.05. The lowest BCUT2D eigenvalue weighted by Crippen LogP contribution is -2.52. The number of amides is 2. The molecule has 4 aromatic rings. The Morgan fingerprint density at radius 1 is 0.872 bits per heavy atom. The second kappa shape index (κ2) is 14.0. The van der Waals surface area contributed by atoms with Gasteiger partial charge in [0.15, 0.2) is 6.61 Å². The predicted molar refractivity (Wildman–Crippen MR) is 158 cm³/mol. The van der Waals surface area contributed by atoms with Crippen LogP contribution >= 0.6 is 23.2 Å². The molecular formula is C32H32Cl2N2O3. The summed E-state index contributed by atoms with van der Waals surface area (Å²) in [5, 5.41) is 5.80. The number of rotatable bonds is 12. The van der Waals surface area contributed by atoms with E-state index in [1.165, 1.54) is 4.90 Å². The van der Waals surface area contributed by atoms with E-state index in [-0.39, 0.29) is 25.0 Å². The third-order valence-corrected chi connectivity index (χ3v) is 7.30. The highest BCUT2D eigenvalue weighted by atomic mass is 35.5. The van der Waals surface area contributed by atoms with E-state index in [9.17, 15) is 9.59 Å². The molecule has 0 radical (unpaired) electrons.